The van der Waals surface area contributed by atoms with Crippen LogP contribution in [0.25, 0.3) is 0 Å². The maximum Gasteiger partial charge on any atom is 0.411 e. The minimum atomic E-state index is -1.59. The fourth-order valence-electron chi connectivity index (χ4n) is 2.78. The van der Waals surface area contributed by atoms with Crippen LogP contribution in [0.1, 0.15) is 11.6 Å². The Morgan fingerprint density at radius 2 is 2.00 bits per heavy atom. The molecule has 1 fully saturated rings. The van der Waals surface area contributed by atoms with E-state index in [4.69, 9.17) is 54.6 Å². The summed E-state index contributed by atoms with van der Waals surface area (Å²) in [5.74, 6) is -0.859. The number of nitriles is 1. The molecule has 1 saturated heterocycles. The lowest BCUT2D eigenvalue weighted by atomic mass is 10.1. The molecule has 2 heterocycles. The molecule has 0 aliphatic carbocycles. The second kappa shape index (κ2) is 11.3. The molecule has 2 unspecified atom stereocenters. The van der Waals surface area contributed by atoms with Crippen molar-refractivity contribution in [1.29, 1.82) is 5.26 Å². The molecular weight excluding hydrogens is 501 g/mol. The molecule has 174 valence electrons. The predicted molar refractivity (Wildman–Crippen MR) is 117 cm³/mol. The van der Waals surface area contributed by atoms with E-state index in [1.54, 1.807) is 17.5 Å². The van der Waals surface area contributed by atoms with E-state index >= 15 is 0 Å². The van der Waals surface area contributed by atoms with Gasteiger partial charge in [-0.2, -0.15) is 5.26 Å². The number of carboxylic acid groups (broad SMARTS) is 1. The number of imide groups is 1. The van der Waals surface area contributed by atoms with Crippen molar-refractivity contribution in [2.75, 3.05) is 25.2 Å². The SMILES string of the molecule is N#CC(NNc1cc(Cl)c(Oc2nnc(Cl)cc2C2COCCN2)c(Cl)c1)C(=O)NC(=O)O. The normalized spacial score (nSPS) is 16.4. The third-order valence-electron chi connectivity index (χ3n) is 4.23. The third-order valence-corrected chi connectivity index (χ3v) is 4.98. The summed E-state index contributed by atoms with van der Waals surface area (Å²) in [5.41, 5.74) is 5.81. The molecule has 15 heteroatoms. The van der Waals surface area contributed by atoms with Crippen LogP contribution in [0.5, 0.6) is 11.6 Å². The Morgan fingerprint density at radius 1 is 1.27 bits per heavy atom. The molecule has 1 aromatic heterocycles. The van der Waals surface area contributed by atoms with E-state index in [-0.39, 0.29) is 38.6 Å². The molecule has 2 aromatic rings. The van der Waals surface area contributed by atoms with Crippen molar-refractivity contribution in [3.63, 3.8) is 0 Å². The van der Waals surface area contributed by atoms with E-state index < -0.39 is 18.0 Å². The first-order chi connectivity index (χ1) is 15.8. The number of amides is 2. The first-order valence-corrected chi connectivity index (χ1v) is 10.4. The number of hydrogen-bond donors (Lipinski definition) is 5. The Labute approximate surface area is 202 Å². The largest absolute Gasteiger partial charge is 0.465 e. The molecule has 1 aliphatic heterocycles. The molecule has 12 nitrogen and oxygen atoms in total. The van der Waals surface area contributed by atoms with Crippen LogP contribution in [0.2, 0.25) is 15.2 Å². The molecule has 0 radical (unpaired) electrons. The van der Waals surface area contributed by atoms with Gasteiger partial charge in [-0.05, 0) is 18.2 Å². The highest BCUT2D eigenvalue weighted by Crippen LogP contribution is 2.40. The van der Waals surface area contributed by atoms with Gasteiger partial charge in [0.05, 0.1) is 41.1 Å². The summed E-state index contributed by atoms with van der Waals surface area (Å²) in [7, 11) is 0. The number of nitrogens with one attached hydrogen (secondary N) is 4. The highest BCUT2D eigenvalue weighted by atomic mass is 35.5. The zero-order valence-corrected chi connectivity index (χ0v) is 18.8. The Kier molecular flexibility index (Phi) is 8.45. The van der Waals surface area contributed by atoms with Crippen LogP contribution < -0.4 is 26.2 Å². The second-order valence-corrected chi connectivity index (χ2v) is 7.71. The number of anilines is 1. The van der Waals surface area contributed by atoms with Crippen molar-refractivity contribution >= 4 is 52.5 Å². The number of aromatic nitrogens is 2. The van der Waals surface area contributed by atoms with Gasteiger partial charge in [0.25, 0.3) is 5.91 Å². The molecule has 1 aliphatic rings. The lowest BCUT2D eigenvalue weighted by Gasteiger charge is -2.25. The van der Waals surface area contributed by atoms with Crippen LogP contribution in [0.4, 0.5) is 10.5 Å². The van der Waals surface area contributed by atoms with Crippen LogP contribution in [0, 0.1) is 11.3 Å². The summed E-state index contributed by atoms with van der Waals surface area (Å²) in [5, 5.41) is 30.6. The maximum absolute atomic E-state index is 11.7. The zero-order valence-electron chi connectivity index (χ0n) is 16.6. The predicted octanol–water partition coefficient (Wildman–Crippen LogP) is 2.49. The highest BCUT2D eigenvalue weighted by Gasteiger charge is 2.24. The smallest absolute Gasteiger partial charge is 0.411 e. The van der Waals surface area contributed by atoms with Crippen LogP contribution in [0.15, 0.2) is 18.2 Å². The van der Waals surface area contributed by atoms with E-state index in [0.29, 0.717) is 25.3 Å². The summed E-state index contributed by atoms with van der Waals surface area (Å²) in [6.45, 7) is 1.58. The molecule has 1 aromatic carbocycles. The molecule has 0 spiro atoms. The van der Waals surface area contributed by atoms with Gasteiger partial charge in [-0.25, -0.2) is 10.2 Å². The van der Waals surface area contributed by atoms with Gasteiger partial charge in [0, 0.05) is 12.1 Å². The highest BCUT2D eigenvalue weighted by molar-refractivity contribution is 6.37. The molecule has 2 amide bonds. The molecular formula is C18H16Cl3N7O5. The van der Waals surface area contributed by atoms with Crippen LogP contribution in [-0.2, 0) is 9.53 Å². The first-order valence-electron chi connectivity index (χ1n) is 9.24. The second-order valence-electron chi connectivity index (χ2n) is 6.51. The van der Waals surface area contributed by atoms with Crippen molar-refractivity contribution in [1.82, 2.24) is 26.3 Å². The summed E-state index contributed by atoms with van der Waals surface area (Å²) in [4.78, 5) is 22.2. The molecule has 33 heavy (non-hydrogen) atoms. The molecule has 0 saturated carbocycles. The topological polar surface area (TPSA) is 171 Å². The van der Waals surface area contributed by atoms with Crippen LogP contribution >= 0.6 is 34.8 Å². The number of halogens is 3. The number of ether oxygens (including phenoxy) is 2. The Balaban J connectivity index is 1.77. The van der Waals surface area contributed by atoms with Crippen molar-refractivity contribution in [2.24, 2.45) is 0 Å². The van der Waals surface area contributed by atoms with Gasteiger partial charge in [-0.15, -0.1) is 10.2 Å². The van der Waals surface area contributed by atoms with E-state index in [2.05, 4.69) is 26.4 Å². The number of morpholine rings is 1. The average molecular weight is 517 g/mol. The number of carbonyl (C=O) groups is 2. The van der Waals surface area contributed by atoms with Gasteiger partial charge >= 0.3 is 6.09 Å². The van der Waals surface area contributed by atoms with Crippen molar-refractivity contribution in [3.05, 3.63) is 39.0 Å². The molecule has 2 atom stereocenters. The maximum atomic E-state index is 11.7. The van der Waals surface area contributed by atoms with Crippen molar-refractivity contribution in [2.45, 2.75) is 12.1 Å². The Hall–Kier alpha value is -2.92. The summed E-state index contributed by atoms with van der Waals surface area (Å²) in [6, 6.07) is 4.28. The quantitative estimate of drug-likeness (QED) is 0.342. The Morgan fingerprint density at radius 3 is 2.61 bits per heavy atom. The zero-order chi connectivity index (χ0) is 24.0. The lowest BCUT2D eigenvalue weighted by Crippen LogP contribution is -2.47. The van der Waals surface area contributed by atoms with Crippen molar-refractivity contribution < 1.29 is 24.2 Å². The van der Waals surface area contributed by atoms with Crippen LogP contribution in [-0.4, -0.2) is 53.1 Å². The summed E-state index contributed by atoms with van der Waals surface area (Å²) >= 11 is 18.6. The van der Waals surface area contributed by atoms with Crippen LogP contribution in [0.3, 0.4) is 0 Å². The number of carbonyl (C=O) groups excluding carboxylic acids is 1. The fourth-order valence-corrected chi connectivity index (χ4v) is 3.50. The van der Waals surface area contributed by atoms with Gasteiger partial charge in [-0.3, -0.25) is 10.1 Å². The summed E-state index contributed by atoms with van der Waals surface area (Å²) < 4.78 is 11.3. The molecule has 0 bridgehead atoms. The van der Waals surface area contributed by atoms with Crippen molar-refractivity contribution in [3.8, 4) is 17.7 Å². The monoisotopic (exact) mass is 515 g/mol. The molecule has 3 rings (SSSR count). The number of hydrazine groups is 1. The van der Waals surface area contributed by atoms with Gasteiger partial charge in [0.1, 0.15) is 0 Å². The first kappa shape index (κ1) is 24.7. The number of benzene rings is 1. The van der Waals surface area contributed by atoms with Gasteiger partial charge in [0.2, 0.25) is 5.88 Å². The number of rotatable bonds is 7. The molecule has 5 N–H and O–H groups in total. The number of nitrogens with zero attached hydrogens (tertiary/aromatic N) is 3. The van der Waals surface area contributed by atoms with E-state index in [0.717, 1.165) is 0 Å². The third kappa shape index (κ3) is 6.55. The minimum Gasteiger partial charge on any atom is -0.465 e. The average Bonchev–Trinajstić information content (AvgIpc) is 2.77. The standard InChI is InChI=1S/C18H16Cl3N7O5/c19-10-3-8(25-26-12(6-22)16(29)24-18(30)31)4-11(20)15(10)33-17-9(5-14(21)27-28-17)13-7-32-2-1-23-13/h3-5,12-13,23,25-26H,1-2,7H2,(H,24,29)(H,30,31). The van der Waals surface area contributed by atoms with Gasteiger partial charge in [0.15, 0.2) is 16.9 Å². The van der Waals surface area contributed by atoms with Gasteiger partial charge < -0.3 is 25.3 Å². The summed E-state index contributed by atoms with van der Waals surface area (Å²) in [6.07, 6.45) is -1.59. The fraction of sp³-hybridized carbons (Fsp3) is 0.278. The minimum absolute atomic E-state index is 0.0749. The van der Waals surface area contributed by atoms with E-state index in [9.17, 15) is 9.59 Å². The van der Waals surface area contributed by atoms with E-state index in [1.807, 2.05) is 0 Å². The number of hydrogen-bond acceptors (Lipinski definition) is 10. The lowest BCUT2D eigenvalue weighted by molar-refractivity contribution is -0.120. The van der Waals surface area contributed by atoms with E-state index in [1.165, 1.54) is 12.1 Å². The Bertz CT molecular complexity index is 1070. The van der Waals surface area contributed by atoms with Gasteiger partial charge in [-0.1, -0.05) is 34.8 Å².